The van der Waals surface area contributed by atoms with Gasteiger partial charge in [0.1, 0.15) is 5.75 Å². The predicted molar refractivity (Wildman–Crippen MR) is 159 cm³/mol. The molecule has 2 heterocycles. The van der Waals surface area contributed by atoms with E-state index < -0.39 is 11.9 Å². The number of methoxy groups -OCH3 is 1. The van der Waals surface area contributed by atoms with Crippen LogP contribution in [0, 0.1) is 5.92 Å². The van der Waals surface area contributed by atoms with Gasteiger partial charge < -0.3 is 30.3 Å². The van der Waals surface area contributed by atoms with Crippen LogP contribution in [-0.4, -0.2) is 67.5 Å². The van der Waals surface area contributed by atoms with Crippen LogP contribution < -0.4 is 20.3 Å². The van der Waals surface area contributed by atoms with E-state index in [0.29, 0.717) is 30.2 Å². The van der Waals surface area contributed by atoms with E-state index in [9.17, 15) is 24.3 Å². The third kappa shape index (κ3) is 5.79. The molecule has 5 rings (SSSR count). The number of likely N-dealkylation sites (tertiary alicyclic amines) is 1. The lowest BCUT2D eigenvalue weighted by Crippen LogP contribution is -2.28. The molecule has 3 aromatic carbocycles. The molecule has 10 nitrogen and oxygen atoms in total. The number of likely N-dealkylation sites (N-methyl/N-ethyl adjacent to an activating group) is 1. The Morgan fingerprint density at radius 1 is 1.05 bits per heavy atom. The summed E-state index contributed by atoms with van der Waals surface area (Å²) in [5.41, 5.74) is 4.65. The second kappa shape index (κ2) is 11.9. The van der Waals surface area contributed by atoms with Crippen LogP contribution in [0.15, 0.2) is 66.7 Å². The topological polar surface area (TPSA) is 128 Å². The van der Waals surface area contributed by atoms with Gasteiger partial charge in [0.2, 0.25) is 17.7 Å². The van der Waals surface area contributed by atoms with Crippen molar-refractivity contribution in [3.63, 3.8) is 0 Å². The molecule has 10 heteroatoms. The summed E-state index contributed by atoms with van der Waals surface area (Å²) in [6.07, 6.45) is 0.111. The molecule has 0 aliphatic carbocycles. The first kappa shape index (κ1) is 28.7. The number of aliphatic carboxylic acids is 1. The summed E-state index contributed by atoms with van der Waals surface area (Å²) in [7, 11) is 3.20. The highest BCUT2D eigenvalue weighted by Gasteiger charge is 2.39. The normalized spacial score (nSPS) is 19.0. The highest BCUT2D eigenvalue weighted by molar-refractivity contribution is 5.99. The molecule has 3 amide bonds. The summed E-state index contributed by atoms with van der Waals surface area (Å²) in [6.45, 7) is 2.50. The zero-order chi connectivity index (χ0) is 30.0. The third-order valence-corrected chi connectivity index (χ3v) is 8.19. The van der Waals surface area contributed by atoms with Crippen LogP contribution in [0.5, 0.6) is 5.75 Å². The molecule has 2 aliphatic heterocycles. The van der Waals surface area contributed by atoms with E-state index >= 15 is 0 Å². The van der Waals surface area contributed by atoms with Gasteiger partial charge in [0.15, 0.2) is 0 Å². The number of rotatable bonds is 8. The number of ether oxygens (including phenoxy) is 1. The molecule has 1 saturated heterocycles. The predicted octanol–water partition coefficient (Wildman–Crippen LogP) is 3.70. The molecule has 218 valence electrons. The lowest BCUT2D eigenvalue weighted by molar-refractivity contribution is -0.141. The lowest BCUT2D eigenvalue weighted by Gasteiger charge is -2.20. The van der Waals surface area contributed by atoms with E-state index in [1.807, 2.05) is 36.4 Å². The number of amides is 3. The molecule has 2 aliphatic rings. The smallest absolute Gasteiger partial charge is 0.308 e. The Morgan fingerprint density at radius 2 is 1.79 bits per heavy atom. The highest BCUT2D eigenvalue weighted by Crippen LogP contribution is 2.35. The van der Waals surface area contributed by atoms with Gasteiger partial charge in [-0.2, -0.15) is 0 Å². The molecule has 42 heavy (non-hydrogen) atoms. The first-order valence-electron chi connectivity index (χ1n) is 13.8. The number of carboxylic acids is 1. The number of carboxylic acid groups (broad SMARTS) is 1. The average molecular weight is 571 g/mol. The second-order valence-corrected chi connectivity index (χ2v) is 10.7. The maximum absolute atomic E-state index is 13.2. The van der Waals surface area contributed by atoms with Crippen molar-refractivity contribution in [3.8, 4) is 5.75 Å². The first-order valence-corrected chi connectivity index (χ1v) is 13.8. The van der Waals surface area contributed by atoms with Gasteiger partial charge in [-0.3, -0.25) is 19.2 Å². The van der Waals surface area contributed by atoms with Crippen molar-refractivity contribution < 1.29 is 29.0 Å². The monoisotopic (exact) mass is 570 g/mol. The number of carbonyl (C=O) groups excluding carboxylic acids is 3. The molecule has 1 fully saturated rings. The molecule has 0 saturated carbocycles. The van der Waals surface area contributed by atoms with E-state index in [1.165, 1.54) is 14.0 Å². The maximum Gasteiger partial charge on any atom is 0.308 e. The number of hydrogen-bond donors (Lipinski definition) is 3. The molecule has 3 aromatic rings. The molecule has 0 spiro atoms. The number of para-hydroxylation sites is 1. The molecular weight excluding hydrogens is 536 g/mol. The van der Waals surface area contributed by atoms with Crippen LogP contribution in [0.3, 0.4) is 0 Å². The van der Waals surface area contributed by atoms with Crippen molar-refractivity contribution in [2.45, 2.75) is 25.2 Å². The van der Waals surface area contributed by atoms with Gasteiger partial charge in [-0.05, 0) is 47.0 Å². The summed E-state index contributed by atoms with van der Waals surface area (Å²) < 4.78 is 5.53. The summed E-state index contributed by atoms with van der Waals surface area (Å²) in [6, 6.07) is 20.2. The highest BCUT2D eigenvalue weighted by atomic mass is 16.5. The van der Waals surface area contributed by atoms with Gasteiger partial charge in [0, 0.05) is 50.9 Å². The fraction of sp³-hybridized carbons (Fsp3) is 0.312. The van der Waals surface area contributed by atoms with Crippen LogP contribution in [0.25, 0.3) is 0 Å². The van der Waals surface area contributed by atoms with E-state index in [2.05, 4.69) is 10.6 Å². The van der Waals surface area contributed by atoms with Gasteiger partial charge in [0.05, 0.1) is 31.1 Å². The number of fused-ring (bicyclic) bond motifs is 1. The minimum absolute atomic E-state index is 0.111. The second-order valence-electron chi connectivity index (χ2n) is 10.7. The van der Waals surface area contributed by atoms with E-state index in [-0.39, 0.29) is 42.5 Å². The Kier molecular flexibility index (Phi) is 8.15. The van der Waals surface area contributed by atoms with E-state index in [1.54, 1.807) is 47.2 Å². The molecule has 0 radical (unpaired) electrons. The van der Waals surface area contributed by atoms with Crippen LogP contribution in [0.2, 0.25) is 0 Å². The van der Waals surface area contributed by atoms with Gasteiger partial charge >= 0.3 is 5.97 Å². The van der Waals surface area contributed by atoms with Crippen molar-refractivity contribution in [1.29, 1.82) is 0 Å². The van der Waals surface area contributed by atoms with Gasteiger partial charge in [-0.15, -0.1) is 0 Å². The third-order valence-electron chi connectivity index (χ3n) is 8.19. The van der Waals surface area contributed by atoms with Crippen LogP contribution >= 0.6 is 0 Å². The minimum Gasteiger partial charge on any atom is -0.495 e. The minimum atomic E-state index is -0.929. The Hall–Kier alpha value is -4.86. The number of hydrogen-bond acceptors (Lipinski definition) is 6. The van der Waals surface area contributed by atoms with Gasteiger partial charge in [-0.1, -0.05) is 36.4 Å². The fourth-order valence-electron chi connectivity index (χ4n) is 5.72. The molecule has 0 aromatic heterocycles. The number of nitrogens with one attached hydrogen (secondary N) is 2. The van der Waals surface area contributed by atoms with Gasteiger partial charge in [-0.25, -0.2) is 0 Å². The SMILES string of the molecule is COc1cc(CC(=O)N(C)c2ccc(C3CN(C(C)=O)CC3C(=O)O)cc2)ccc1NC(=O)C1CNc2ccccc21. The number of nitrogens with zero attached hydrogens (tertiary/aromatic N) is 2. The van der Waals surface area contributed by atoms with Crippen molar-refractivity contribution in [3.05, 3.63) is 83.4 Å². The van der Waals surface area contributed by atoms with Crippen molar-refractivity contribution in [2.24, 2.45) is 5.92 Å². The van der Waals surface area contributed by atoms with E-state index in [4.69, 9.17) is 4.74 Å². The van der Waals surface area contributed by atoms with Crippen LogP contribution in [-0.2, 0) is 25.6 Å². The largest absolute Gasteiger partial charge is 0.495 e. The molecule has 3 unspecified atom stereocenters. The fourth-order valence-corrected chi connectivity index (χ4v) is 5.72. The summed E-state index contributed by atoms with van der Waals surface area (Å²) in [5, 5.41) is 15.9. The van der Waals surface area contributed by atoms with Crippen molar-refractivity contribution >= 4 is 40.8 Å². The molecular formula is C32H34N4O6. The van der Waals surface area contributed by atoms with Crippen LogP contribution in [0.1, 0.15) is 35.4 Å². The zero-order valence-corrected chi connectivity index (χ0v) is 23.8. The summed E-state index contributed by atoms with van der Waals surface area (Å²) in [4.78, 5) is 52.9. The Bertz CT molecular complexity index is 1520. The molecule has 3 N–H and O–H groups in total. The quantitative estimate of drug-likeness (QED) is 0.377. The van der Waals surface area contributed by atoms with Crippen molar-refractivity contribution in [2.75, 3.05) is 49.3 Å². The van der Waals surface area contributed by atoms with Crippen LogP contribution in [0.4, 0.5) is 17.1 Å². The Morgan fingerprint density at radius 3 is 2.48 bits per heavy atom. The number of carbonyl (C=O) groups is 4. The van der Waals surface area contributed by atoms with Crippen molar-refractivity contribution in [1.82, 2.24) is 4.90 Å². The number of anilines is 3. The zero-order valence-electron chi connectivity index (χ0n) is 23.8. The first-order chi connectivity index (χ1) is 20.2. The Labute approximate surface area is 244 Å². The Balaban J connectivity index is 1.23. The standard InChI is InChI=1S/C32H34N4O6/c1-19(37)36-17-25(26(18-36)32(40)41)21-9-11-22(12-10-21)35(2)30(38)15-20-8-13-28(29(14-20)42-3)34-31(39)24-16-33-27-7-5-4-6-23(24)27/h4-14,24-26,33H,15-18H2,1-3H3,(H,34,39)(H,40,41). The van der Waals surface area contributed by atoms with E-state index in [0.717, 1.165) is 22.4 Å². The number of benzene rings is 3. The summed E-state index contributed by atoms with van der Waals surface area (Å²) >= 11 is 0. The molecule has 3 atom stereocenters. The lowest BCUT2D eigenvalue weighted by atomic mass is 9.89. The average Bonchev–Trinajstić information content (AvgIpc) is 3.63. The molecule has 0 bridgehead atoms. The van der Waals surface area contributed by atoms with Gasteiger partial charge in [0.25, 0.3) is 0 Å². The maximum atomic E-state index is 13.2. The summed E-state index contributed by atoms with van der Waals surface area (Å²) in [5.74, 6) is -2.20.